The molecule has 0 aromatic heterocycles. The summed E-state index contributed by atoms with van der Waals surface area (Å²) in [7, 11) is 0. The minimum Gasteiger partial charge on any atom is -0.339 e. The third-order valence-corrected chi connectivity index (χ3v) is 6.40. The molecule has 2 aliphatic rings. The second kappa shape index (κ2) is 10.3. The van der Waals surface area contributed by atoms with Gasteiger partial charge in [-0.25, -0.2) is 4.39 Å². The van der Waals surface area contributed by atoms with Gasteiger partial charge in [-0.2, -0.15) is 0 Å². The normalized spacial score (nSPS) is 21.3. The number of halogens is 1. The summed E-state index contributed by atoms with van der Waals surface area (Å²) >= 11 is 0. The van der Waals surface area contributed by atoms with Crippen molar-refractivity contribution in [3.05, 3.63) is 30.1 Å². The summed E-state index contributed by atoms with van der Waals surface area (Å²) < 4.78 is 13.3. The zero-order valence-electron chi connectivity index (χ0n) is 18.3. The van der Waals surface area contributed by atoms with E-state index in [0.717, 1.165) is 58.9 Å². The van der Waals surface area contributed by atoms with Crippen LogP contribution in [0, 0.1) is 5.82 Å². The minimum atomic E-state index is -0.371. The fourth-order valence-electron chi connectivity index (χ4n) is 4.20. The van der Waals surface area contributed by atoms with Crippen LogP contribution < -0.4 is 5.32 Å². The molecule has 2 amide bonds. The molecule has 1 aromatic rings. The first-order valence-corrected chi connectivity index (χ1v) is 10.9. The second-order valence-corrected chi connectivity index (χ2v) is 8.18. The average molecular weight is 420 g/mol. The first-order chi connectivity index (χ1) is 14.4. The highest BCUT2D eigenvalue weighted by Gasteiger charge is 2.32. The Morgan fingerprint density at radius 3 is 2.13 bits per heavy atom. The Bertz CT molecular complexity index is 730. The lowest BCUT2D eigenvalue weighted by molar-refractivity contribution is -0.139. The molecule has 0 aliphatic carbocycles. The molecule has 2 aliphatic heterocycles. The number of hydrogen-bond donors (Lipinski definition) is 1. The Kier molecular flexibility index (Phi) is 7.80. The molecule has 0 saturated carbocycles. The van der Waals surface area contributed by atoms with Crippen molar-refractivity contribution in [2.24, 2.45) is 0 Å². The van der Waals surface area contributed by atoms with Gasteiger partial charge in [0.05, 0.1) is 12.1 Å². The van der Waals surface area contributed by atoms with Crippen molar-refractivity contribution >= 4 is 17.5 Å². The molecule has 2 saturated heterocycles. The largest absolute Gasteiger partial charge is 0.339 e. The number of piperazine rings is 2. The van der Waals surface area contributed by atoms with E-state index in [-0.39, 0.29) is 29.7 Å². The summed E-state index contributed by atoms with van der Waals surface area (Å²) in [5.41, 5.74) is 0.466. The van der Waals surface area contributed by atoms with Crippen molar-refractivity contribution < 1.29 is 14.0 Å². The number of likely N-dealkylation sites (N-methyl/N-ethyl adjacent to an activating group) is 1. The molecular formula is C22H34FN5O2. The second-order valence-electron chi connectivity index (χ2n) is 8.18. The minimum absolute atomic E-state index is 0.142. The first kappa shape index (κ1) is 22.7. The standard InChI is InChI=1S/C22H34FN5O2/c1-4-25-8-10-28(11-9-25)22(30)18(3)27-14-12-26(13-15-27)17(2)21(29)24-20-7-5-6-19(23)16-20/h5-7,16-18H,4,8-15H2,1-3H3,(H,24,29). The molecule has 2 fully saturated rings. The SMILES string of the molecule is CCN1CCN(C(=O)C(C)N2CCN(C(C)C(=O)Nc3cccc(F)c3)CC2)CC1. The maximum absolute atomic E-state index is 13.3. The molecule has 2 unspecified atom stereocenters. The van der Waals surface area contributed by atoms with Crippen LogP contribution >= 0.6 is 0 Å². The summed E-state index contributed by atoms with van der Waals surface area (Å²) in [6, 6.07) is 5.47. The quantitative estimate of drug-likeness (QED) is 0.754. The zero-order chi connectivity index (χ0) is 21.7. The molecule has 7 nitrogen and oxygen atoms in total. The van der Waals surface area contributed by atoms with Crippen molar-refractivity contribution in [1.82, 2.24) is 19.6 Å². The number of benzene rings is 1. The zero-order valence-corrected chi connectivity index (χ0v) is 18.3. The number of anilines is 1. The molecule has 30 heavy (non-hydrogen) atoms. The van der Waals surface area contributed by atoms with Crippen LogP contribution in [-0.2, 0) is 9.59 Å². The Balaban J connectivity index is 1.46. The summed E-state index contributed by atoms with van der Waals surface area (Å²) in [5, 5.41) is 2.78. The highest BCUT2D eigenvalue weighted by Crippen LogP contribution is 2.15. The average Bonchev–Trinajstić information content (AvgIpc) is 2.77. The lowest BCUT2D eigenvalue weighted by atomic mass is 10.1. The van der Waals surface area contributed by atoms with Gasteiger partial charge in [0.2, 0.25) is 11.8 Å². The lowest BCUT2D eigenvalue weighted by Gasteiger charge is -2.42. The predicted octanol–water partition coefficient (Wildman–Crippen LogP) is 1.32. The predicted molar refractivity (Wildman–Crippen MR) is 116 cm³/mol. The van der Waals surface area contributed by atoms with Crippen LogP contribution in [-0.4, -0.2) is 102 Å². The van der Waals surface area contributed by atoms with E-state index in [2.05, 4.69) is 26.9 Å². The monoisotopic (exact) mass is 419 g/mol. The van der Waals surface area contributed by atoms with Gasteiger partial charge in [0, 0.05) is 58.0 Å². The van der Waals surface area contributed by atoms with Gasteiger partial charge < -0.3 is 15.1 Å². The number of hydrogen-bond acceptors (Lipinski definition) is 5. The van der Waals surface area contributed by atoms with Gasteiger partial charge in [0.25, 0.3) is 0 Å². The third kappa shape index (κ3) is 5.56. The van der Waals surface area contributed by atoms with E-state index in [1.165, 1.54) is 12.1 Å². The van der Waals surface area contributed by atoms with Gasteiger partial charge in [0.15, 0.2) is 0 Å². The van der Waals surface area contributed by atoms with E-state index in [9.17, 15) is 14.0 Å². The fraction of sp³-hybridized carbons (Fsp3) is 0.636. The van der Waals surface area contributed by atoms with Crippen LogP contribution in [0.4, 0.5) is 10.1 Å². The van der Waals surface area contributed by atoms with E-state index in [0.29, 0.717) is 5.69 Å². The Labute approximate surface area is 178 Å². The molecule has 1 N–H and O–H groups in total. The molecule has 3 rings (SSSR count). The molecular weight excluding hydrogens is 385 g/mol. The van der Waals surface area contributed by atoms with Gasteiger partial charge in [0.1, 0.15) is 5.82 Å². The molecule has 166 valence electrons. The Morgan fingerprint density at radius 1 is 0.967 bits per heavy atom. The van der Waals surface area contributed by atoms with E-state index in [1.807, 2.05) is 18.7 Å². The van der Waals surface area contributed by atoms with E-state index < -0.39 is 0 Å². The molecule has 2 atom stereocenters. The molecule has 1 aromatic carbocycles. The third-order valence-electron chi connectivity index (χ3n) is 6.40. The fourth-order valence-corrected chi connectivity index (χ4v) is 4.20. The maximum Gasteiger partial charge on any atom is 0.241 e. The Hall–Kier alpha value is -2.03. The van der Waals surface area contributed by atoms with Gasteiger partial charge in [-0.1, -0.05) is 13.0 Å². The number of nitrogens with zero attached hydrogens (tertiary/aromatic N) is 4. The van der Waals surface area contributed by atoms with Crippen LogP contribution in [0.1, 0.15) is 20.8 Å². The highest BCUT2D eigenvalue weighted by atomic mass is 19.1. The molecule has 0 spiro atoms. The van der Waals surface area contributed by atoms with E-state index in [4.69, 9.17) is 0 Å². The van der Waals surface area contributed by atoms with Crippen molar-refractivity contribution in [2.45, 2.75) is 32.9 Å². The van der Waals surface area contributed by atoms with Gasteiger partial charge in [-0.3, -0.25) is 19.4 Å². The summed E-state index contributed by atoms with van der Waals surface area (Å²) in [6.45, 7) is 13.5. The maximum atomic E-state index is 13.3. The number of carbonyl (C=O) groups is 2. The summed E-state index contributed by atoms with van der Waals surface area (Å²) in [4.78, 5) is 34.1. The smallest absolute Gasteiger partial charge is 0.241 e. The number of carbonyl (C=O) groups excluding carboxylic acids is 2. The molecule has 2 heterocycles. The first-order valence-electron chi connectivity index (χ1n) is 10.9. The topological polar surface area (TPSA) is 59.1 Å². The van der Waals surface area contributed by atoms with Crippen LogP contribution in [0.2, 0.25) is 0 Å². The van der Waals surface area contributed by atoms with Gasteiger partial charge >= 0.3 is 0 Å². The van der Waals surface area contributed by atoms with E-state index >= 15 is 0 Å². The van der Waals surface area contributed by atoms with Crippen LogP contribution in [0.5, 0.6) is 0 Å². The van der Waals surface area contributed by atoms with Crippen molar-refractivity contribution in [3.63, 3.8) is 0 Å². The number of rotatable bonds is 6. The molecule has 8 heteroatoms. The van der Waals surface area contributed by atoms with Gasteiger partial charge in [-0.15, -0.1) is 0 Å². The van der Waals surface area contributed by atoms with E-state index in [1.54, 1.807) is 12.1 Å². The Morgan fingerprint density at radius 2 is 1.57 bits per heavy atom. The van der Waals surface area contributed by atoms with Crippen molar-refractivity contribution in [3.8, 4) is 0 Å². The molecule has 0 radical (unpaired) electrons. The highest BCUT2D eigenvalue weighted by molar-refractivity contribution is 5.94. The number of amides is 2. The summed E-state index contributed by atoms with van der Waals surface area (Å²) in [5.74, 6) is -0.313. The molecule has 0 bridgehead atoms. The number of nitrogens with one attached hydrogen (secondary N) is 1. The van der Waals surface area contributed by atoms with Crippen LogP contribution in [0.15, 0.2) is 24.3 Å². The van der Waals surface area contributed by atoms with Crippen molar-refractivity contribution in [2.75, 3.05) is 64.2 Å². The summed E-state index contributed by atoms with van der Waals surface area (Å²) in [6.07, 6.45) is 0. The lowest BCUT2D eigenvalue weighted by Crippen LogP contribution is -2.59. The van der Waals surface area contributed by atoms with Crippen LogP contribution in [0.3, 0.4) is 0 Å². The van der Waals surface area contributed by atoms with Crippen LogP contribution in [0.25, 0.3) is 0 Å². The van der Waals surface area contributed by atoms with Gasteiger partial charge in [-0.05, 0) is 38.6 Å². The van der Waals surface area contributed by atoms with Crippen molar-refractivity contribution in [1.29, 1.82) is 0 Å².